The molecule has 1 unspecified atom stereocenters. The molecule has 0 saturated heterocycles. The molecule has 4 aromatic rings. The van der Waals surface area contributed by atoms with Crippen molar-refractivity contribution in [1.82, 2.24) is 4.98 Å². The van der Waals surface area contributed by atoms with E-state index in [1.165, 1.54) is 11.6 Å². The van der Waals surface area contributed by atoms with Crippen molar-refractivity contribution in [3.05, 3.63) is 80.8 Å². The van der Waals surface area contributed by atoms with Crippen molar-refractivity contribution in [3.8, 4) is 11.5 Å². The Kier molecular flexibility index (Phi) is 6.24. The summed E-state index contributed by atoms with van der Waals surface area (Å²) in [5.74, 6) is 0.506. The first-order valence-corrected chi connectivity index (χ1v) is 11.0. The van der Waals surface area contributed by atoms with Gasteiger partial charge in [-0.2, -0.15) is 0 Å². The molecule has 158 valence electrons. The molecule has 3 aromatic carbocycles. The number of halogens is 3. The molecule has 31 heavy (non-hydrogen) atoms. The maximum absolute atomic E-state index is 12.7. The quantitative estimate of drug-likeness (QED) is 0.317. The summed E-state index contributed by atoms with van der Waals surface area (Å²) in [6.45, 7) is 4.34. The van der Waals surface area contributed by atoms with Gasteiger partial charge < -0.3 is 9.73 Å². The summed E-state index contributed by atoms with van der Waals surface area (Å²) in [5.41, 5.74) is 4.14. The summed E-state index contributed by atoms with van der Waals surface area (Å²) >= 11 is 18.4. The summed E-state index contributed by atoms with van der Waals surface area (Å²) in [6.07, 6.45) is 1.05. The van der Waals surface area contributed by atoms with E-state index in [-0.39, 0.29) is 5.02 Å². The Balaban J connectivity index is 1.65. The SMILES string of the molecule is CCC(C)c1ccc2oc(-c3ccc(Cl)c(NC(=O)c4ccc(Cl)cc4Cl)c3)nc2c1. The zero-order valence-electron chi connectivity index (χ0n) is 16.9. The van der Waals surface area contributed by atoms with Crippen LogP contribution in [0.15, 0.2) is 59.0 Å². The van der Waals surface area contributed by atoms with E-state index in [2.05, 4.69) is 36.3 Å². The normalized spacial score (nSPS) is 12.2. The fourth-order valence-electron chi connectivity index (χ4n) is 3.23. The molecular weight excluding hydrogens is 455 g/mol. The van der Waals surface area contributed by atoms with E-state index < -0.39 is 5.91 Å². The highest BCUT2D eigenvalue weighted by atomic mass is 35.5. The summed E-state index contributed by atoms with van der Waals surface area (Å²) in [6, 6.07) is 16.0. The molecule has 0 aliphatic carbocycles. The molecule has 0 fully saturated rings. The lowest BCUT2D eigenvalue weighted by Crippen LogP contribution is -2.12. The van der Waals surface area contributed by atoms with Gasteiger partial charge in [-0.15, -0.1) is 0 Å². The van der Waals surface area contributed by atoms with Crippen molar-refractivity contribution in [2.75, 3.05) is 5.32 Å². The van der Waals surface area contributed by atoms with Gasteiger partial charge in [0.15, 0.2) is 5.58 Å². The number of nitrogens with one attached hydrogen (secondary N) is 1. The van der Waals surface area contributed by atoms with Crippen LogP contribution < -0.4 is 5.32 Å². The minimum absolute atomic E-state index is 0.258. The highest BCUT2D eigenvalue weighted by molar-refractivity contribution is 6.37. The lowest BCUT2D eigenvalue weighted by molar-refractivity contribution is 0.102. The van der Waals surface area contributed by atoms with Crippen LogP contribution >= 0.6 is 34.8 Å². The smallest absolute Gasteiger partial charge is 0.257 e. The van der Waals surface area contributed by atoms with E-state index in [1.807, 2.05) is 6.07 Å². The van der Waals surface area contributed by atoms with Gasteiger partial charge in [-0.05, 0) is 66.4 Å². The van der Waals surface area contributed by atoms with Crippen molar-refractivity contribution in [2.24, 2.45) is 0 Å². The number of carbonyl (C=O) groups is 1. The number of fused-ring (bicyclic) bond motifs is 1. The van der Waals surface area contributed by atoms with Gasteiger partial charge in [0.05, 0.1) is 21.3 Å². The van der Waals surface area contributed by atoms with Crippen LogP contribution in [0, 0.1) is 0 Å². The van der Waals surface area contributed by atoms with Gasteiger partial charge in [-0.25, -0.2) is 4.98 Å². The largest absolute Gasteiger partial charge is 0.436 e. The predicted octanol–water partition coefficient (Wildman–Crippen LogP) is 8.22. The standard InChI is InChI=1S/C24H19Cl3N2O2/c1-3-13(2)14-5-9-22-21(10-14)29-24(31-22)15-4-8-18(26)20(11-15)28-23(30)17-7-6-16(25)12-19(17)27/h4-13H,3H2,1-2H3,(H,28,30). The van der Waals surface area contributed by atoms with Crippen LogP contribution in [0.3, 0.4) is 0 Å². The van der Waals surface area contributed by atoms with Crippen LogP contribution in [0.5, 0.6) is 0 Å². The first-order chi connectivity index (χ1) is 14.9. The minimum atomic E-state index is -0.392. The second-order valence-electron chi connectivity index (χ2n) is 7.33. The molecule has 4 rings (SSSR count). The maximum atomic E-state index is 12.7. The van der Waals surface area contributed by atoms with Gasteiger partial charge in [-0.1, -0.05) is 54.7 Å². The number of hydrogen-bond donors (Lipinski definition) is 1. The zero-order chi connectivity index (χ0) is 22.1. The summed E-state index contributed by atoms with van der Waals surface area (Å²) < 4.78 is 5.94. The van der Waals surface area contributed by atoms with Crippen LogP contribution in [0.4, 0.5) is 5.69 Å². The highest BCUT2D eigenvalue weighted by Crippen LogP contribution is 2.32. The number of benzene rings is 3. The van der Waals surface area contributed by atoms with Crippen molar-refractivity contribution in [1.29, 1.82) is 0 Å². The number of aromatic nitrogens is 1. The van der Waals surface area contributed by atoms with Crippen LogP contribution in [0.25, 0.3) is 22.6 Å². The molecule has 0 radical (unpaired) electrons. The highest BCUT2D eigenvalue weighted by Gasteiger charge is 2.16. The number of oxazole rings is 1. The van der Waals surface area contributed by atoms with E-state index in [0.717, 1.165) is 11.9 Å². The lowest BCUT2D eigenvalue weighted by atomic mass is 9.98. The first-order valence-electron chi connectivity index (χ1n) is 9.82. The third-order valence-corrected chi connectivity index (χ3v) is 6.11. The lowest BCUT2D eigenvalue weighted by Gasteiger charge is -2.10. The average Bonchev–Trinajstić information content (AvgIpc) is 3.18. The van der Waals surface area contributed by atoms with Crippen molar-refractivity contribution in [2.45, 2.75) is 26.2 Å². The fraction of sp³-hybridized carbons (Fsp3) is 0.167. The summed E-state index contributed by atoms with van der Waals surface area (Å²) in [4.78, 5) is 17.3. The van der Waals surface area contributed by atoms with Crippen LogP contribution in [-0.4, -0.2) is 10.9 Å². The number of rotatable bonds is 5. The molecule has 1 aromatic heterocycles. The van der Waals surface area contributed by atoms with Crippen LogP contribution in [0.1, 0.15) is 42.1 Å². The Hall–Kier alpha value is -2.53. The number of anilines is 1. The van der Waals surface area contributed by atoms with Crippen molar-refractivity contribution >= 4 is 57.5 Å². The number of nitrogens with zero attached hydrogens (tertiary/aromatic N) is 1. The first kappa shape index (κ1) is 21.7. The Morgan fingerprint density at radius 3 is 2.58 bits per heavy atom. The van der Waals surface area contributed by atoms with Gasteiger partial charge in [0.25, 0.3) is 5.91 Å². The molecule has 1 amide bonds. The number of amides is 1. The van der Waals surface area contributed by atoms with Gasteiger partial charge >= 0.3 is 0 Å². The second kappa shape index (κ2) is 8.91. The third-order valence-electron chi connectivity index (χ3n) is 5.23. The summed E-state index contributed by atoms with van der Waals surface area (Å²) in [5, 5.41) is 3.89. The monoisotopic (exact) mass is 472 g/mol. The van der Waals surface area contributed by atoms with E-state index in [1.54, 1.807) is 30.3 Å². The Labute approximate surface area is 195 Å². The second-order valence-corrected chi connectivity index (χ2v) is 8.58. The van der Waals surface area contributed by atoms with Gasteiger partial charge in [0.1, 0.15) is 5.52 Å². The molecule has 0 spiro atoms. The average molecular weight is 474 g/mol. The van der Waals surface area contributed by atoms with Gasteiger partial charge in [0, 0.05) is 10.6 Å². The molecule has 0 aliphatic heterocycles. The van der Waals surface area contributed by atoms with Crippen LogP contribution in [0.2, 0.25) is 15.1 Å². The van der Waals surface area contributed by atoms with E-state index >= 15 is 0 Å². The third kappa shape index (κ3) is 4.57. The Morgan fingerprint density at radius 2 is 1.84 bits per heavy atom. The van der Waals surface area contributed by atoms with Gasteiger partial charge in [-0.3, -0.25) is 4.79 Å². The maximum Gasteiger partial charge on any atom is 0.257 e. The van der Waals surface area contributed by atoms with Gasteiger partial charge in [0.2, 0.25) is 5.89 Å². The number of carbonyl (C=O) groups excluding carboxylic acids is 1. The minimum Gasteiger partial charge on any atom is -0.436 e. The van der Waals surface area contributed by atoms with Crippen molar-refractivity contribution in [3.63, 3.8) is 0 Å². The predicted molar refractivity (Wildman–Crippen MR) is 128 cm³/mol. The van der Waals surface area contributed by atoms with Crippen molar-refractivity contribution < 1.29 is 9.21 Å². The molecule has 7 heteroatoms. The topological polar surface area (TPSA) is 55.1 Å². The molecular formula is C24H19Cl3N2O2. The van der Waals surface area contributed by atoms with E-state index in [0.29, 0.717) is 44.3 Å². The summed E-state index contributed by atoms with van der Waals surface area (Å²) in [7, 11) is 0. The Bertz CT molecular complexity index is 1280. The molecule has 4 nitrogen and oxygen atoms in total. The molecule has 1 atom stereocenters. The van der Waals surface area contributed by atoms with E-state index in [4.69, 9.17) is 39.2 Å². The zero-order valence-corrected chi connectivity index (χ0v) is 19.1. The van der Waals surface area contributed by atoms with E-state index in [9.17, 15) is 4.79 Å². The molecule has 0 saturated carbocycles. The molecule has 0 aliphatic rings. The molecule has 1 heterocycles. The van der Waals surface area contributed by atoms with Crippen LogP contribution in [-0.2, 0) is 0 Å². The fourth-order valence-corrected chi connectivity index (χ4v) is 3.89. The Morgan fingerprint density at radius 1 is 1.03 bits per heavy atom. The molecule has 1 N–H and O–H groups in total. The number of hydrogen-bond acceptors (Lipinski definition) is 3. The molecule has 0 bridgehead atoms.